The van der Waals surface area contributed by atoms with Gasteiger partial charge in [0, 0.05) is 26.4 Å². The van der Waals surface area contributed by atoms with Crippen LogP contribution in [0.15, 0.2) is 29.4 Å². The van der Waals surface area contributed by atoms with E-state index in [9.17, 15) is 4.79 Å². The number of ether oxygens (including phenoxy) is 1. The van der Waals surface area contributed by atoms with E-state index in [2.05, 4.69) is 4.98 Å². The van der Waals surface area contributed by atoms with Crippen LogP contribution in [0.3, 0.4) is 0 Å². The van der Waals surface area contributed by atoms with Gasteiger partial charge in [0.25, 0.3) is 0 Å². The fourth-order valence-corrected chi connectivity index (χ4v) is 2.57. The number of thioether (sulfide) groups is 1. The highest BCUT2D eigenvalue weighted by molar-refractivity contribution is 7.99. The molecule has 1 fully saturated rings. The van der Waals surface area contributed by atoms with Gasteiger partial charge in [0.15, 0.2) is 0 Å². The van der Waals surface area contributed by atoms with Gasteiger partial charge in [-0.15, -0.1) is 0 Å². The molecule has 0 spiro atoms. The van der Waals surface area contributed by atoms with Gasteiger partial charge in [-0.3, -0.25) is 4.79 Å². The molecule has 0 N–H and O–H groups in total. The molecule has 1 atom stereocenters. The Balaban J connectivity index is 1.78. The number of methoxy groups -OCH3 is 1. The lowest BCUT2D eigenvalue weighted by molar-refractivity contribution is -0.127. The van der Waals surface area contributed by atoms with Crippen molar-refractivity contribution < 1.29 is 9.53 Å². The number of carbonyl (C=O) groups excluding carboxylic acids is 1. The van der Waals surface area contributed by atoms with Crippen LogP contribution in [0.2, 0.25) is 0 Å². The summed E-state index contributed by atoms with van der Waals surface area (Å²) in [7, 11) is 1.70. The van der Waals surface area contributed by atoms with Crippen LogP contribution in [0.1, 0.15) is 6.42 Å². The first kappa shape index (κ1) is 12.4. The second-order valence-corrected chi connectivity index (χ2v) is 4.94. The van der Waals surface area contributed by atoms with Crippen molar-refractivity contribution in [2.24, 2.45) is 0 Å². The van der Waals surface area contributed by atoms with Crippen LogP contribution >= 0.6 is 11.8 Å². The maximum absolute atomic E-state index is 11.9. The Labute approximate surface area is 105 Å². The largest absolute Gasteiger partial charge is 0.380 e. The van der Waals surface area contributed by atoms with Crippen LogP contribution in [0.5, 0.6) is 0 Å². The normalized spacial score (nSPS) is 19.6. The Morgan fingerprint density at radius 3 is 3.18 bits per heavy atom. The third-order valence-electron chi connectivity index (χ3n) is 2.81. The molecule has 2 rings (SSSR count). The van der Waals surface area contributed by atoms with Gasteiger partial charge in [-0.25, -0.2) is 4.98 Å². The number of likely N-dealkylation sites (tertiary alicyclic amines) is 1. The molecule has 17 heavy (non-hydrogen) atoms. The number of nitrogens with zero attached hydrogens (tertiary/aromatic N) is 2. The first-order valence-corrected chi connectivity index (χ1v) is 6.62. The Hall–Kier alpha value is -1.07. The van der Waals surface area contributed by atoms with E-state index in [-0.39, 0.29) is 12.0 Å². The smallest absolute Gasteiger partial charge is 0.233 e. The molecule has 5 heteroatoms. The van der Waals surface area contributed by atoms with Gasteiger partial charge in [0.2, 0.25) is 5.91 Å². The second kappa shape index (κ2) is 6.02. The zero-order chi connectivity index (χ0) is 12.1. The second-order valence-electron chi connectivity index (χ2n) is 3.94. The molecule has 1 saturated heterocycles. The third-order valence-corrected chi connectivity index (χ3v) is 3.74. The van der Waals surface area contributed by atoms with Crippen LogP contribution in [0, 0.1) is 0 Å². The third kappa shape index (κ3) is 3.44. The summed E-state index contributed by atoms with van der Waals surface area (Å²) in [5.74, 6) is 0.619. The van der Waals surface area contributed by atoms with Crippen molar-refractivity contribution in [3.63, 3.8) is 0 Å². The number of hydrogen-bond donors (Lipinski definition) is 0. The number of amides is 1. The average molecular weight is 252 g/mol. The molecule has 0 bridgehead atoms. The lowest BCUT2D eigenvalue weighted by Crippen LogP contribution is -2.31. The Kier molecular flexibility index (Phi) is 4.39. The molecule has 0 radical (unpaired) electrons. The van der Waals surface area contributed by atoms with E-state index in [0.717, 1.165) is 24.5 Å². The van der Waals surface area contributed by atoms with E-state index >= 15 is 0 Å². The molecule has 1 aromatic heterocycles. The van der Waals surface area contributed by atoms with Crippen molar-refractivity contribution in [3.05, 3.63) is 24.4 Å². The van der Waals surface area contributed by atoms with E-state index in [1.54, 1.807) is 13.3 Å². The molecule has 0 aromatic carbocycles. The molecule has 1 aromatic rings. The Bertz CT molecular complexity index is 372. The predicted molar refractivity (Wildman–Crippen MR) is 67.0 cm³/mol. The van der Waals surface area contributed by atoms with Crippen molar-refractivity contribution in [3.8, 4) is 0 Å². The minimum atomic E-state index is 0.167. The van der Waals surface area contributed by atoms with Gasteiger partial charge in [-0.1, -0.05) is 17.8 Å². The number of rotatable bonds is 4. The number of hydrogen-bond acceptors (Lipinski definition) is 4. The van der Waals surface area contributed by atoms with E-state index in [1.807, 2.05) is 23.1 Å². The summed E-state index contributed by atoms with van der Waals surface area (Å²) in [5.41, 5.74) is 0. The van der Waals surface area contributed by atoms with E-state index in [1.165, 1.54) is 11.8 Å². The quantitative estimate of drug-likeness (QED) is 0.760. The summed E-state index contributed by atoms with van der Waals surface area (Å²) in [6.07, 6.45) is 2.89. The summed E-state index contributed by atoms with van der Waals surface area (Å²) in [6, 6.07) is 5.71. The van der Waals surface area contributed by atoms with Crippen molar-refractivity contribution in [1.82, 2.24) is 9.88 Å². The molecule has 1 amide bonds. The lowest BCUT2D eigenvalue weighted by Gasteiger charge is -2.15. The Morgan fingerprint density at radius 2 is 2.53 bits per heavy atom. The van der Waals surface area contributed by atoms with Crippen molar-refractivity contribution in [2.75, 3.05) is 26.0 Å². The number of pyridine rings is 1. The maximum atomic E-state index is 11.9. The highest BCUT2D eigenvalue weighted by Crippen LogP contribution is 2.17. The molecule has 0 unspecified atom stereocenters. The van der Waals surface area contributed by atoms with E-state index in [0.29, 0.717) is 5.75 Å². The summed E-state index contributed by atoms with van der Waals surface area (Å²) < 4.78 is 5.24. The molecule has 92 valence electrons. The average Bonchev–Trinajstić information content (AvgIpc) is 2.86. The molecule has 4 nitrogen and oxygen atoms in total. The summed E-state index contributed by atoms with van der Waals surface area (Å²) in [5, 5.41) is 0.892. The van der Waals surface area contributed by atoms with Gasteiger partial charge in [-0.05, 0) is 18.6 Å². The van der Waals surface area contributed by atoms with Crippen LogP contribution in [-0.2, 0) is 9.53 Å². The molecule has 1 aliphatic heterocycles. The minimum absolute atomic E-state index is 0.167. The van der Waals surface area contributed by atoms with Gasteiger partial charge in [0.1, 0.15) is 0 Å². The zero-order valence-electron chi connectivity index (χ0n) is 9.83. The minimum Gasteiger partial charge on any atom is -0.380 e. The summed E-state index contributed by atoms with van der Waals surface area (Å²) in [6.45, 7) is 1.53. The fourth-order valence-electron chi connectivity index (χ4n) is 1.81. The SMILES string of the molecule is CO[C@H]1CCN(C(=O)CSc2ccccn2)C1. The predicted octanol–water partition coefficient (Wildman–Crippen LogP) is 1.42. The number of carbonyl (C=O) groups is 1. The standard InChI is InChI=1S/C12H16N2O2S/c1-16-10-5-7-14(8-10)12(15)9-17-11-4-2-3-6-13-11/h2-4,6,10H,5,7-9H2,1H3/t10-/m0/s1. The van der Waals surface area contributed by atoms with Crippen LogP contribution in [0.4, 0.5) is 0 Å². The van der Waals surface area contributed by atoms with Crippen LogP contribution < -0.4 is 0 Å². The highest BCUT2D eigenvalue weighted by Gasteiger charge is 2.25. The fraction of sp³-hybridized carbons (Fsp3) is 0.500. The topological polar surface area (TPSA) is 42.4 Å². The number of aromatic nitrogens is 1. The first-order valence-electron chi connectivity index (χ1n) is 5.64. The van der Waals surface area contributed by atoms with Gasteiger partial charge in [-0.2, -0.15) is 0 Å². The summed E-state index contributed by atoms with van der Waals surface area (Å²) >= 11 is 1.48. The highest BCUT2D eigenvalue weighted by atomic mass is 32.2. The van der Waals surface area contributed by atoms with Crippen molar-refractivity contribution in [2.45, 2.75) is 17.6 Å². The molecular weight excluding hydrogens is 236 g/mol. The molecule has 1 aliphatic rings. The van der Waals surface area contributed by atoms with E-state index < -0.39 is 0 Å². The van der Waals surface area contributed by atoms with E-state index in [4.69, 9.17) is 4.74 Å². The molecule has 0 aliphatic carbocycles. The molecule has 0 saturated carbocycles. The van der Waals surface area contributed by atoms with Gasteiger partial charge < -0.3 is 9.64 Å². The van der Waals surface area contributed by atoms with Gasteiger partial charge >= 0.3 is 0 Å². The zero-order valence-corrected chi connectivity index (χ0v) is 10.7. The maximum Gasteiger partial charge on any atom is 0.233 e. The van der Waals surface area contributed by atoms with Gasteiger partial charge in [0.05, 0.1) is 16.9 Å². The lowest BCUT2D eigenvalue weighted by atomic mass is 10.3. The van der Waals surface area contributed by atoms with Crippen molar-refractivity contribution >= 4 is 17.7 Å². The molecular formula is C12H16N2O2S. The first-order chi connectivity index (χ1) is 8.29. The summed E-state index contributed by atoms with van der Waals surface area (Å²) in [4.78, 5) is 17.9. The van der Waals surface area contributed by atoms with Crippen molar-refractivity contribution in [1.29, 1.82) is 0 Å². The monoisotopic (exact) mass is 252 g/mol. The van der Waals surface area contributed by atoms with Crippen LogP contribution in [-0.4, -0.2) is 47.8 Å². The molecule has 2 heterocycles. The van der Waals surface area contributed by atoms with Crippen LogP contribution in [0.25, 0.3) is 0 Å². The Morgan fingerprint density at radius 1 is 1.65 bits per heavy atom.